The van der Waals surface area contributed by atoms with Crippen molar-refractivity contribution in [1.82, 2.24) is 10.2 Å². The molecule has 1 aliphatic heterocycles. The summed E-state index contributed by atoms with van der Waals surface area (Å²) in [6.07, 6.45) is 0. The predicted molar refractivity (Wildman–Crippen MR) is 126 cm³/mol. The Bertz CT molecular complexity index is 1100. The van der Waals surface area contributed by atoms with Crippen molar-refractivity contribution in [2.45, 2.75) is 12.5 Å². The molecule has 3 aromatic rings. The molecular formula is C27H28N2O4. The average Bonchev–Trinajstić information content (AvgIpc) is 3.33. The second-order valence-corrected chi connectivity index (χ2v) is 8.10. The van der Waals surface area contributed by atoms with Crippen molar-refractivity contribution in [1.29, 1.82) is 0 Å². The van der Waals surface area contributed by atoms with Gasteiger partial charge in [-0.05, 0) is 35.9 Å². The summed E-state index contributed by atoms with van der Waals surface area (Å²) in [7, 11) is 3.22. The van der Waals surface area contributed by atoms with Crippen molar-refractivity contribution in [3.63, 3.8) is 0 Å². The number of benzene rings is 3. The number of rotatable bonds is 7. The lowest BCUT2D eigenvalue weighted by Gasteiger charge is -2.21. The molecule has 0 aromatic heterocycles. The third-order valence-corrected chi connectivity index (χ3v) is 6.11. The Hall–Kier alpha value is -3.80. The fourth-order valence-electron chi connectivity index (χ4n) is 4.36. The van der Waals surface area contributed by atoms with Gasteiger partial charge in [0, 0.05) is 36.7 Å². The third-order valence-electron chi connectivity index (χ3n) is 6.11. The number of carbonyl (C=O) groups excluding carboxylic acids is 2. The highest BCUT2D eigenvalue weighted by Gasteiger charge is 2.41. The van der Waals surface area contributed by atoms with Crippen LogP contribution in [0.3, 0.4) is 0 Å². The van der Waals surface area contributed by atoms with Crippen LogP contribution in [-0.4, -0.2) is 44.0 Å². The zero-order valence-electron chi connectivity index (χ0n) is 18.9. The Balaban J connectivity index is 1.62. The van der Waals surface area contributed by atoms with Crippen LogP contribution in [0.4, 0.5) is 0 Å². The van der Waals surface area contributed by atoms with E-state index in [9.17, 15) is 9.59 Å². The van der Waals surface area contributed by atoms with E-state index in [2.05, 4.69) is 5.32 Å². The Morgan fingerprint density at radius 2 is 1.61 bits per heavy atom. The highest BCUT2D eigenvalue weighted by molar-refractivity contribution is 5.95. The van der Waals surface area contributed by atoms with Crippen molar-refractivity contribution in [2.75, 3.05) is 27.3 Å². The number of hydrogen-bond donors (Lipinski definition) is 1. The molecular weight excluding hydrogens is 416 g/mol. The van der Waals surface area contributed by atoms with Crippen molar-refractivity contribution in [3.8, 4) is 11.5 Å². The first-order valence-corrected chi connectivity index (χ1v) is 11.0. The lowest BCUT2D eigenvalue weighted by molar-refractivity contribution is -0.125. The summed E-state index contributed by atoms with van der Waals surface area (Å²) in [5.41, 5.74) is 2.50. The minimum atomic E-state index is -0.414. The summed E-state index contributed by atoms with van der Waals surface area (Å²) < 4.78 is 11.0. The molecule has 0 saturated carbocycles. The van der Waals surface area contributed by atoms with Crippen LogP contribution in [-0.2, 0) is 11.3 Å². The lowest BCUT2D eigenvalue weighted by Crippen LogP contribution is -2.35. The highest BCUT2D eigenvalue weighted by Crippen LogP contribution is 2.40. The number of methoxy groups -OCH3 is 2. The SMILES string of the molecule is COc1ccc(OC)c([C@H]2CN(C(=O)c3ccccc3)C[C@@H]2C(=O)NCc2ccccc2)c1. The monoisotopic (exact) mass is 444 g/mol. The number of hydrogen-bond acceptors (Lipinski definition) is 4. The average molecular weight is 445 g/mol. The van der Waals surface area contributed by atoms with E-state index < -0.39 is 5.92 Å². The molecule has 6 nitrogen and oxygen atoms in total. The first-order valence-electron chi connectivity index (χ1n) is 11.0. The topological polar surface area (TPSA) is 67.9 Å². The van der Waals surface area contributed by atoms with Crippen LogP contribution < -0.4 is 14.8 Å². The van der Waals surface area contributed by atoms with Gasteiger partial charge in [-0.15, -0.1) is 0 Å². The summed E-state index contributed by atoms with van der Waals surface area (Å²) in [6, 6.07) is 24.5. The van der Waals surface area contributed by atoms with Crippen LogP contribution in [0.25, 0.3) is 0 Å². The third kappa shape index (κ3) is 5.00. The zero-order valence-corrected chi connectivity index (χ0v) is 18.9. The number of carbonyl (C=O) groups is 2. The molecule has 1 N–H and O–H groups in total. The Morgan fingerprint density at radius 1 is 0.909 bits per heavy atom. The van der Waals surface area contributed by atoms with Gasteiger partial charge >= 0.3 is 0 Å². The van der Waals surface area contributed by atoms with Gasteiger partial charge in [-0.3, -0.25) is 9.59 Å². The van der Waals surface area contributed by atoms with Crippen molar-refractivity contribution >= 4 is 11.8 Å². The lowest BCUT2D eigenvalue weighted by atomic mass is 9.87. The molecule has 1 fully saturated rings. The van der Waals surface area contributed by atoms with Crippen molar-refractivity contribution in [2.24, 2.45) is 5.92 Å². The number of nitrogens with zero attached hydrogens (tertiary/aromatic N) is 1. The maximum atomic E-state index is 13.3. The van der Waals surface area contributed by atoms with E-state index in [1.807, 2.05) is 66.7 Å². The minimum absolute atomic E-state index is 0.0826. The van der Waals surface area contributed by atoms with Gasteiger partial charge in [0.15, 0.2) is 0 Å². The number of amides is 2. The van der Waals surface area contributed by atoms with Crippen LogP contribution in [0.2, 0.25) is 0 Å². The van der Waals surface area contributed by atoms with E-state index >= 15 is 0 Å². The molecule has 4 rings (SSSR count). The van der Waals surface area contributed by atoms with Crippen LogP contribution in [0.1, 0.15) is 27.4 Å². The standard InChI is InChI=1S/C27H28N2O4/c1-32-21-13-14-25(33-2)22(15-21)23-17-29(27(31)20-11-7-4-8-12-20)18-24(23)26(30)28-16-19-9-5-3-6-10-19/h3-15,23-24H,16-18H2,1-2H3,(H,28,30)/t23-,24+/m1/s1. The molecule has 170 valence electrons. The fourth-order valence-corrected chi connectivity index (χ4v) is 4.36. The molecule has 6 heteroatoms. The van der Waals surface area contributed by atoms with Crippen LogP contribution in [0, 0.1) is 5.92 Å². The Morgan fingerprint density at radius 3 is 2.27 bits per heavy atom. The highest BCUT2D eigenvalue weighted by atomic mass is 16.5. The van der Waals surface area contributed by atoms with E-state index in [1.165, 1.54) is 0 Å². The van der Waals surface area contributed by atoms with Gasteiger partial charge < -0.3 is 19.7 Å². The number of ether oxygens (including phenoxy) is 2. The normalized spacial score (nSPS) is 17.5. The van der Waals surface area contributed by atoms with E-state index in [-0.39, 0.29) is 17.7 Å². The predicted octanol–water partition coefficient (Wildman–Crippen LogP) is 3.88. The van der Waals surface area contributed by atoms with E-state index in [0.29, 0.717) is 36.7 Å². The summed E-state index contributed by atoms with van der Waals surface area (Å²) >= 11 is 0. The Kier molecular flexibility index (Phi) is 6.93. The van der Waals surface area contributed by atoms with Gasteiger partial charge in [-0.2, -0.15) is 0 Å². The Labute approximate surface area is 194 Å². The molecule has 0 radical (unpaired) electrons. The zero-order chi connectivity index (χ0) is 23.2. The molecule has 1 saturated heterocycles. The van der Waals surface area contributed by atoms with E-state index in [0.717, 1.165) is 11.1 Å². The molecule has 1 aliphatic rings. The van der Waals surface area contributed by atoms with Gasteiger partial charge in [-0.25, -0.2) is 0 Å². The quantitative estimate of drug-likeness (QED) is 0.601. The van der Waals surface area contributed by atoms with E-state index in [4.69, 9.17) is 9.47 Å². The van der Waals surface area contributed by atoms with Crippen molar-refractivity contribution in [3.05, 3.63) is 95.6 Å². The summed E-state index contributed by atoms with van der Waals surface area (Å²) in [5, 5.41) is 3.06. The fraction of sp³-hybridized carbons (Fsp3) is 0.259. The maximum Gasteiger partial charge on any atom is 0.253 e. The number of nitrogens with one attached hydrogen (secondary N) is 1. The van der Waals surface area contributed by atoms with Gasteiger partial charge in [0.2, 0.25) is 5.91 Å². The molecule has 2 atom stereocenters. The molecule has 0 unspecified atom stereocenters. The van der Waals surface area contributed by atoms with Crippen LogP contribution >= 0.6 is 0 Å². The van der Waals surface area contributed by atoms with E-state index in [1.54, 1.807) is 31.3 Å². The molecule has 33 heavy (non-hydrogen) atoms. The van der Waals surface area contributed by atoms with Crippen LogP contribution in [0.5, 0.6) is 11.5 Å². The molecule has 2 amide bonds. The molecule has 0 aliphatic carbocycles. The van der Waals surface area contributed by atoms with Gasteiger partial charge in [0.1, 0.15) is 11.5 Å². The second-order valence-electron chi connectivity index (χ2n) is 8.10. The molecule has 3 aromatic carbocycles. The van der Waals surface area contributed by atoms with Crippen LogP contribution in [0.15, 0.2) is 78.9 Å². The van der Waals surface area contributed by atoms with Crippen molar-refractivity contribution < 1.29 is 19.1 Å². The molecule has 1 heterocycles. The first-order chi connectivity index (χ1) is 16.1. The summed E-state index contributed by atoms with van der Waals surface area (Å²) in [4.78, 5) is 28.3. The van der Waals surface area contributed by atoms with Gasteiger partial charge in [0.25, 0.3) is 5.91 Å². The van der Waals surface area contributed by atoms with Gasteiger partial charge in [0.05, 0.1) is 20.1 Å². The largest absolute Gasteiger partial charge is 0.497 e. The smallest absolute Gasteiger partial charge is 0.253 e. The first kappa shape index (κ1) is 22.4. The number of likely N-dealkylation sites (tertiary alicyclic amines) is 1. The minimum Gasteiger partial charge on any atom is -0.497 e. The molecule has 0 bridgehead atoms. The second kappa shape index (κ2) is 10.2. The maximum absolute atomic E-state index is 13.3. The van der Waals surface area contributed by atoms with Gasteiger partial charge in [-0.1, -0.05) is 48.5 Å². The molecule has 0 spiro atoms. The summed E-state index contributed by atoms with van der Waals surface area (Å²) in [6.45, 7) is 1.19. The summed E-state index contributed by atoms with van der Waals surface area (Å²) in [5.74, 6) is 0.552.